The van der Waals surface area contributed by atoms with Gasteiger partial charge in [0.25, 0.3) is 11.8 Å². The number of carbonyl (C=O) groups is 3. The highest BCUT2D eigenvalue weighted by Gasteiger charge is 2.36. The quantitative estimate of drug-likeness (QED) is 0.573. The van der Waals surface area contributed by atoms with Gasteiger partial charge in [0.2, 0.25) is 0 Å². The largest absolute Gasteiger partial charge is 0.503 e. The maximum atomic E-state index is 12.8. The number of amides is 4. The summed E-state index contributed by atoms with van der Waals surface area (Å²) in [4.78, 5) is 38.0. The predicted octanol–water partition coefficient (Wildman–Crippen LogP) is 3.22. The number of anilines is 1. The highest BCUT2D eigenvalue weighted by atomic mass is 79.9. The molecule has 1 fully saturated rings. The van der Waals surface area contributed by atoms with E-state index in [0.717, 1.165) is 4.90 Å². The number of hydrogen-bond acceptors (Lipinski definition) is 5. The van der Waals surface area contributed by atoms with Crippen molar-refractivity contribution in [2.45, 2.75) is 6.92 Å². The average molecular weight is 431 g/mol. The molecular formula is C19H15BrN2O5. The fraction of sp³-hybridized carbons (Fsp3) is 0.105. The maximum absolute atomic E-state index is 12.8. The number of phenolic OH excluding ortho intramolecular Hbond substituents is 1. The summed E-state index contributed by atoms with van der Waals surface area (Å²) in [5.74, 6) is -1.41. The SMILES string of the molecule is CCOc1cc(C=C2C(=O)NC(=O)N(c3ccccc3)C2=O)cc(Br)c1O. The van der Waals surface area contributed by atoms with E-state index in [4.69, 9.17) is 4.74 Å². The van der Waals surface area contributed by atoms with E-state index >= 15 is 0 Å². The van der Waals surface area contributed by atoms with Crippen molar-refractivity contribution < 1.29 is 24.2 Å². The second-order valence-corrected chi connectivity index (χ2v) is 6.43. The number of ether oxygens (including phenoxy) is 1. The Balaban J connectivity index is 2.03. The summed E-state index contributed by atoms with van der Waals surface area (Å²) in [6.45, 7) is 2.09. The fourth-order valence-corrected chi connectivity index (χ4v) is 3.04. The third-order valence-corrected chi connectivity index (χ3v) is 4.38. The predicted molar refractivity (Wildman–Crippen MR) is 102 cm³/mol. The van der Waals surface area contributed by atoms with Crippen molar-refractivity contribution >= 4 is 45.5 Å². The van der Waals surface area contributed by atoms with Gasteiger partial charge in [-0.05, 0) is 58.8 Å². The van der Waals surface area contributed by atoms with Crippen LogP contribution in [0.4, 0.5) is 10.5 Å². The molecule has 2 aromatic rings. The molecule has 0 saturated carbocycles. The van der Waals surface area contributed by atoms with Gasteiger partial charge in [0.1, 0.15) is 5.57 Å². The minimum atomic E-state index is -0.810. The van der Waals surface area contributed by atoms with Crippen LogP contribution in [0.1, 0.15) is 12.5 Å². The van der Waals surface area contributed by atoms with Crippen molar-refractivity contribution in [2.75, 3.05) is 11.5 Å². The van der Waals surface area contributed by atoms with Crippen molar-refractivity contribution in [3.05, 3.63) is 58.1 Å². The first-order valence-electron chi connectivity index (χ1n) is 8.04. The van der Waals surface area contributed by atoms with Crippen LogP contribution in [-0.2, 0) is 9.59 Å². The highest BCUT2D eigenvalue weighted by Crippen LogP contribution is 2.36. The van der Waals surface area contributed by atoms with Crippen molar-refractivity contribution in [3.63, 3.8) is 0 Å². The number of hydrogen-bond donors (Lipinski definition) is 2. The number of rotatable bonds is 4. The Kier molecular flexibility index (Phi) is 5.27. The molecule has 27 heavy (non-hydrogen) atoms. The van der Waals surface area contributed by atoms with Crippen molar-refractivity contribution in [3.8, 4) is 11.5 Å². The molecule has 0 aromatic heterocycles. The summed E-state index contributed by atoms with van der Waals surface area (Å²) >= 11 is 3.21. The van der Waals surface area contributed by atoms with Crippen LogP contribution in [-0.4, -0.2) is 29.6 Å². The topological polar surface area (TPSA) is 95.9 Å². The minimum absolute atomic E-state index is 0.0838. The monoisotopic (exact) mass is 430 g/mol. The number of benzene rings is 2. The fourth-order valence-electron chi connectivity index (χ4n) is 2.58. The van der Waals surface area contributed by atoms with Crippen LogP contribution in [0.25, 0.3) is 6.08 Å². The van der Waals surface area contributed by atoms with Crippen molar-refractivity contribution in [1.82, 2.24) is 5.32 Å². The first-order valence-corrected chi connectivity index (χ1v) is 8.83. The molecule has 8 heteroatoms. The lowest BCUT2D eigenvalue weighted by molar-refractivity contribution is -0.122. The van der Waals surface area contributed by atoms with E-state index in [1.807, 2.05) is 0 Å². The van der Waals surface area contributed by atoms with Gasteiger partial charge in [0.05, 0.1) is 16.8 Å². The number of para-hydroxylation sites is 1. The third-order valence-electron chi connectivity index (χ3n) is 3.78. The smallest absolute Gasteiger partial charge is 0.335 e. The van der Waals surface area contributed by atoms with Crippen molar-refractivity contribution in [2.24, 2.45) is 0 Å². The lowest BCUT2D eigenvalue weighted by atomic mass is 10.1. The third kappa shape index (κ3) is 3.70. The molecule has 2 aromatic carbocycles. The molecule has 0 aliphatic carbocycles. The van der Waals surface area contributed by atoms with Gasteiger partial charge < -0.3 is 9.84 Å². The van der Waals surface area contributed by atoms with Gasteiger partial charge in [-0.15, -0.1) is 0 Å². The Hall–Kier alpha value is -3.13. The molecule has 3 rings (SSSR count). The molecule has 1 aliphatic rings. The van der Waals surface area contributed by atoms with Crippen LogP contribution in [0.3, 0.4) is 0 Å². The van der Waals surface area contributed by atoms with Gasteiger partial charge in [0, 0.05) is 0 Å². The Morgan fingerprint density at radius 3 is 2.56 bits per heavy atom. The molecule has 2 N–H and O–H groups in total. The zero-order valence-electron chi connectivity index (χ0n) is 14.2. The van der Waals surface area contributed by atoms with E-state index in [1.54, 1.807) is 37.3 Å². The Morgan fingerprint density at radius 1 is 1.19 bits per heavy atom. The van der Waals surface area contributed by atoms with E-state index in [1.165, 1.54) is 18.2 Å². The van der Waals surface area contributed by atoms with Crippen LogP contribution < -0.4 is 15.0 Å². The molecule has 0 radical (unpaired) electrons. The second kappa shape index (κ2) is 7.63. The van der Waals surface area contributed by atoms with Crippen LogP contribution in [0.15, 0.2) is 52.5 Å². The molecule has 1 saturated heterocycles. The lowest BCUT2D eigenvalue weighted by Gasteiger charge is -2.26. The highest BCUT2D eigenvalue weighted by molar-refractivity contribution is 9.10. The molecule has 7 nitrogen and oxygen atoms in total. The standard InChI is InChI=1S/C19H15BrN2O5/c1-2-27-15-10-11(9-14(20)16(15)23)8-13-17(24)21-19(26)22(18(13)25)12-6-4-3-5-7-12/h3-10,23H,2H2,1H3,(H,21,24,26). The first-order chi connectivity index (χ1) is 12.9. The van der Waals surface area contributed by atoms with E-state index in [2.05, 4.69) is 21.2 Å². The Labute approximate surface area is 163 Å². The number of imide groups is 2. The minimum Gasteiger partial charge on any atom is -0.503 e. The number of barbiturate groups is 1. The number of halogens is 1. The van der Waals surface area contributed by atoms with E-state index in [0.29, 0.717) is 22.3 Å². The lowest BCUT2D eigenvalue weighted by Crippen LogP contribution is -2.54. The molecule has 0 spiro atoms. The Morgan fingerprint density at radius 2 is 1.89 bits per heavy atom. The van der Waals surface area contributed by atoms with E-state index in [9.17, 15) is 19.5 Å². The summed E-state index contributed by atoms with van der Waals surface area (Å²) in [5, 5.41) is 12.2. The van der Waals surface area contributed by atoms with Gasteiger partial charge in [-0.2, -0.15) is 0 Å². The van der Waals surface area contributed by atoms with E-state index < -0.39 is 17.8 Å². The molecule has 0 atom stereocenters. The maximum Gasteiger partial charge on any atom is 0.335 e. The van der Waals surface area contributed by atoms with Gasteiger partial charge in [0.15, 0.2) is 11.5 Å². The van der Waals surface area contributed by atoms with Gasteiger partial charge >= 0.3 is 6.03 Å². The summed E-state index contributed by atoms with van der Waals surface area (Å²) in [6, 6.07) is 10.5. The number of aromatic hydroxyl groups is 1. The molecule has 1 aliphatic heterocycles. The number of urea groups is 1. The Bertz CT molecular complexity index is 956. The summed E-state index contributed by atoms with van der Waals surface area (Å²) < 4.78 is 5.70. The van der Waals surface area contributed by atoms with E-state index in [-0.39, 0.29) is 17.1 Å². The second-order valence-electron chi connectivity index (χ2n) is 5.58. The molecule has 4 amide bonds. The number of carbonyl (C=O) groups excluding carboxylic acids is 3. The first kappa shape index (κ1) is 18.7. The van der Waals surface area contributed by atoms with Crippen LogP contribution >= 0.6 is 15.9 Å². The number of phenols is 1. The summed E-state index contributed by atoms with van der Waals surface area (Å²) in [5.41, 5.74) is 0.586. The normalized spacial score (nSPS) is 15.9. The number of nitrogens with one attached hydrogen (secondary N) is 1. The summed E-state index contributed by atoms with van der Waals surface area (Å²) in [7, 11) is 0. The van der Waals surface area contributed by atoms with Crippen LogP contribution in [0.2, 0.25) is 0 Å². The zero-order chi connectivity index (χ0) is 19.6. The van der Waals surface area contributed by atoms with Gasteiger partial charge in [-0.1, -0.05) is 18.2 Å². The van der Waals surface area contributed by atoms with Crippen molar-refractivity contribution in [1.29, 1.82) is 0 Å². The van der Waals surface area contributed by atoms with Crippen LogP contribution in [0.5, 0.6) is 11.5 Å². The van der Waals surface area contributed by atoms with Crippen LogP contribution in [0, 0.1) is 0 Å². The molecule has 1 heterocycles. The zero-order valence-corrected chi connectivity index (χ0v) is 15.8. The molecule has 0 bridgehead atoms. The molecule has 138 valence electrons. The number of nitrogens with zero attached hydrogens (tertiary/aromatic N) is 1. The molecule has 0 unspecified atom stereocenters. The molecular weight excluding hydrogens is 416 g/mol. The van der Waals surface area contributed by atoms with Gasteiger partial charge in [-0.25, -0.2) is 9.69 Å². The summed E-state index contributed by atoms with van der Waals surface area (Å²) in [6.07, 6.45) is 1.34. The average Bonchev–Trinajstić information content (AvgIpc) is 2.63. The van der Waals surface area contributed by atoms with Gasteiger partial charge in [-0.3, -0.25) is 14.9 Å².